The average molecular weight is 181 g/mol. The van der Waals surface area contributed by atoms with Crippen LogP contribution in [0.2, 0.25) is 0 Å². The molecule has 0 spiro atoms. The second-order valence-corrected chi connectivity index (χ2v) is 3.25. The van der Waals surface area contributed by atoms with Crippen molar-refractivity contribution in [3.63, 3.8) is 0 Å². The second kappa shape index (κ2) is 6.58. The number of unbranched alkanes of at least 4 members (excludes halogenated alkanes) is 2. The molecule has 0 bridgehead atoms. The van der Waals surface area contributed by atoms with E-state index in [9.17, 15) is 9.59 Å². The Bertz CT molecular complexity index is 204. The maximum atomic E-state index is 11.2. The van der Waals surface area contributed by atoms with Gasteiger partial charge in [0.25, 0.3) is 0 Å². The second-order valence-electron chi connectivity index (χ2n) is 3.25. The van der Waals surface area contributed by atoms with E-state index >= 15 is 0 Å². The Kier molecular flexibility index (Phi) is 6.11. The molecule has 0 fully saturated rings. The Labute approximate surface area is 80.0 Å². The van der Waals surface area contributed by atoms with E-state index < -0.39 is 0 Å². The molecule has 2 nitrogen and oxygen atoms in total. The molecule has 0 aliphatic rings. The fourth-order valence-electron chi connectivity index (χ4n) is 0.997. The van der Waals surface area contributed by atoms with Crippen LogP contribution in [0.15, 0.2) is 5.57 Å². The Morgan fingerprint density at radius 1 is 1.23 bits per heavy atom. The van der Waals surface area contributed by atoms with Gasteiger partial charge in [-0.15, -0.1) is 0 Å². The van der Waals surface area contributed by atoms with Gasteiger partial charge >= 0.3 is 0 Å². The topological polar surface area (TPSA) is 34.1 Å². The van der Waals surface area contributed by atoms with Gasteiger partial charge in [0.15, 0.2) is 5.78 Å². The molecule has 0 unspecified atom stereocenters. The largest absolute Gasteiger partial charge is 0.299 e. The quantitative estimate of drug-likeness (QED) is 0.446. The number of hydrogen-bond donors (Lipinski definition) is 0. The van der Waals surface area contributed by atoms with Gasteiger partial charge in [0.05, 0.1) is 0 Å². The maximum Gasteiger partial charge on any atom is 0.156 e. The van der Waals surface area contributed by atoms with Crippen molar-refractivity contribution in [2.24, 2.45) is 0 Å². The zero-order valence-electron chi connectivity index (χ0n) is 8.43. The van der Waals surface area contributed by atoms with Crippen molar-refractivity contribution >= 4 is 11.6 Å². The van der Waals surface area contributed by atoms with Crippen LogP contribution in [0.5, 0.6) is 0 Å². The zero-order chi connectivity index (χ0) is 10.3. The van der Waals surface area contributed by atoms with Crippen molar-refractivity contribution in [3.8, 4) is 0 Å². The Hall–Kier alpha value is -0.920. The van der Waals surface area contributed by atoms with E-state index in [1.807, 2.05) is 0 Å². The fourth-order valence-corrected chi connectivity index (χ4v) is 0.997. The van der Waals surface area contributed by atoms with Crippen LogP contribution in [-0.4, -0.2) is 11.6 Å². The Balaban J connectivity index is 3.62. The lowest BCUT2D eigenvalue weighted by Gasteiger charge is -2.00. The summed E-state index contributed by atoms with van der Waals surface area (Å²) in [5.41, 5.74) is 0.182. The van der Waals surface area contributed by atoms with E-state index in [2.05, 4.69) is 6.92 Å². The van der Waals surface area contributed by atoms with Gasteiger partial charge in [-0.05, 0) is 13.3 Å². The summed E-state index contributed by atoms with van der Waals surface area (Å²) in [7, 11) is 0. The van der Waals surface area contributed by atoms with Crippen molar-refractivity contribution in [1.82, 2.24) is 0 Å². The number of Topliss-reactive ketones (excluding diaryl/α,β-unsaturated/α-hetero) is 2. The predicted molar refractivity (Wildman–Crippen MR) is 52.3 cm³/mol. The lowest BCUT2D eigenvalue weighted by molar-refractivity contribution is -0.120. The van der Waals surface area contributed by atoms with Crippen molar-refractivity contribution < 1.29 is 9.59 Å². The van der Waals surface area contributed by atoms with Gasteiger partial charge in [0.2, 0.25) is 0 Å². The van der Waals surface area contributed by atoms with Crippen molar-refractivity contribution in [2.45, 2.75) is 46.0 Å². The number of carbonyl (C=O) groups is 2. The third kappa shape index (κ3) is 6.26. The third-order valence-electron chi connectivity index (χ3n) is 1.90. The van der Waals surface area contributed by atoms with E-state index in [0.29, 0.717) is 6.42 Å². The predicted octanol–water partition coefficient (Wildman–Crippen LogP) is 2.47. The molecule has 0 saturated carbocycles. The molecule has 0 amide bonds. The fraction of sp³-hybridized carbons (Fsp3) is 0.636. The van der Waals surface area contributed by atoms with Gasteiger partial charge in [0.1, 0.15) is 5.78 Å². The molecule has 0 saturated heterocycles. The molecule has 0 N–H and O–H groups in total. The van der Waals surface area contributed by atoms with Gasteiger partial charge in [-0.3, -0.25) is 9.59 Å². The van der Waals surface area contributed by atoms with Crippen LogP contribution < -0.4 is 0 Å². The molecule has 0 aromatic rings. The van der Waals surface area contributed by atoms with E-state index in [1.54, 1.807) is 0 Å². The minimum Gasteiger partial charge on any atom is -0.299 e. The molecule has 73 valence electrons. The van der Waals surface area contributed by atoms with Gasteiger partial charge in [-0.25, -0.2) is 0 Å². The SMILES string of the molecule is [CH]=C(CC(=O)CCCCC)C(C)=O. The number of rotatable bonds is 7. The Morgan fingerprint density at radius 2 is 1.85 bits per heavy atom. The van der Waals surface area contributed by atoms with Crippen LogP contribution in [-0.2, 0) is 9.59 Å². The highest BCUT2D eigenvalue weighted by Crippen LogP contribution is 2.06. The summed E-state index contributed by atoms with van der Waals surface area (Å²) in [6.07, 6.45) is 3.73. The molecule has 0 rings (SSSR count). The van der Waals surface area contributed by atoms with E-state index in [4.69, 9.17) is 6.58 Å². The first-order chi connectivity index (χ1) is 6.07. The van der Waals surface area contributed by atoms with Crippen molar-refractivity contribution in [2.75, 3.05) is 0 Å². The van der Waals surface area contributed by atoms with Crippen molar-refractivity contribution in [3.05, 3.63) is 12.2 Å². The van der Waals surface area contributed by atoms with E-state index in [1.165, 1.54) is 6.92 Å². The summed E-state index contributed by atoms with van der Waals surface area (Å²) in [4.78, 5) is 21.9. The van der Waals surface area contributed by atoms with E-state index in [0.717, 1.165) is 19.3 Å². The molecule has 0 aromatic carbocycles. The molecule has 13 heavy (non-hydrogen) atoms. The molecule has 0 aromatic heterocycles. The molecule has 0 aliphatic heterocycles. The highest BCUT2D eigenvalue weighted by molar-refractivity contribution is 5.98. The van der Waals surface area contributed by atoms with Crippen LogP contribution >= 0.6 is 0 Å². The van der Waals surface area contributed by atoms with Crippen LogP contribution in [0.25, 0.3) is 0 Å². The molecule has 0 atom stereocenters. The van der Waals surface area contributed by atoms with Gasteiger partial charge < -0.3 is 0 Å². The first-order valence-corrected chi connectivity index (χ1v) is 4.71. The zero-order valence-corrected chi connectivity index (χ0v) is 8.43. The molecule has 0 aliphatic carbocycles. The molecular formula is C11H17O2. The lowest BCUT2D eigenvalue weighted by atomic mass is 10.0. The van der Waals surface area contributed by atoms with Crippen LogP contribution in [0.4, 0.5) is 0 Å². The smallest absolute Gasteiger partial charge is 0.156 e. The number of allylic oxidation sites excluding steroid dienone is 1. The summed E-state index contributed by atoms with van der Waals surface area (Å²) in [5, 5.41) is 0. The summed E-state index contributed by atoms with van der Waals surface area (Å²) in [6, 6.07) is 0. The molecule has 2 heteroatoms. The standard InChI is InChI=1S/C11H17O2/c1-4-5-6-7-11(13)8-9(2)10(3)12/h2H,4-8H2,1,3H3. The molecule has 1 radical (unpaired) electrons. The average Bonchev–Trinajstić information content (AvgIpc) is 2.04. The summed E-state index contributed by atoms with van der Waals surface area (Å²) in [5.74, 6) is -0.120. The third-order valence-corrected chi connectivity index (χ3v) is 1.90. The highest BCUT2D eigenvalue weighted by atomic mass is 16.1. The van der Waals surface area contributed by atoms with Gasteiger partial charge in [0, 0.05) is 18.4 Å². The Morgan fingerprint density at radius 3 is 2.31 bits per heavy atom. The number of carbonyl (C=O) groups excluding carboxylic acids is 2. The lowest BCUT2D eigenvalue weighted by Crippen LogP contribution is -2.04. The summed E-state index contributed by atoms with van der Waals surface area (Å²) >= 11 is 0. The summed E-state index contributed by atoms with van der Waals surface area (Å²) in [6.45, 7) is 8.84. The number of hydrogen-bond acceptors (Lipinski definition) is 2. The number of ketones is 2. The van der Waals surface area contributed by atoms with Crippen LogP contribution in [0.1, 0.15) is 46.0 Å². The first kappa shape index (κ1) is 12.1. The molecule has 0 heterocycles. The van der Waals surface area contributed by atoms with Crippen LogP contribution in [0, 0.1) is 6.58 Å². The normalized spacial score (nSPS) is 9.69. The summed E-state index contributed by atoms with van der Waals surface area (Å²) < 4.78 is 0. The van der Waals surface area contributed by atoms with E-state index in [-0.39, 0.29) is 23.6 Å². The molecular weight excluding hydrogens is 164 g/mol. The monoisotopic (exact) mass is 181 g/mol. The highest BCUT2D eigenvalue weighted by Gasteiger charge is 2.07. The minimum absolute atomic E-state index is 0.0705. The minimum atomic E-state index is -0.191. The van der Waals surface area contributed by atoms with Crippen molar-refractivity contribution in [1.29, 1.82) is 0 Å². The first-order valence-electron chi connectivity index (χ1n) is 4.71. The van der Waals surface area contributed by atoms with Crippen LogP contribution in [0.3, 0.4) is 0 Å². The van der Waals surface area contributed by atoms with Gasteiger partial charge in [-0.1, -0.05) is 26.3 Å². The van der Waals surface area contributed by atoms with Gasteiger partial charge in [-0.2, -0.15) is 0 Å². The maximum absolute atomic E-state index is 11.2.